The second-order valence-electron chi connectivity index (χ2n) is 3.74. The predicted molar refractivity (Wildman–Crippen MR) is 53.8 cm³/mol. The first-order chi connectivity index (χ1) is 6.21. The second kappa shape index (κ2) is 3.24. The van der Waals surface area contributed by atoms with Crippen molar-refractivity contribution in [2.75, 3.05) is 0 Å². The molecule has 0 saturated heterocycles. The molecule has 0 amide bonds. The minimum absolute atomic E-state index is 0.206. The molecule has 0 atom stereocenters. The van der Waals surface area contributed by atoms with Crippen molar-refractivity contribution < 1.29 is 4.79 Å². The highest BCUT2D eigenvalue weighted by atomic mass is 32.1. The normalized spacial score (nSPS) is 19.5. The fraction of sp³-hybridized carbons (Fsp3) is 0.500. The zero-order valence-electron chi connectivity index (χ0n) is 7.45. The lowest BCUT2D eigenvalue weighted by atomic mass is 9.73. The van der Waals surface area contributed by atoms with E-state index in [2.05, 4.69) is 0 Å². The molecule has 0 aromatic carbocycles. The molecule has 2 nitrogen and oxygen atoms in total. The molecule has 1 fully saturated rings. The van der Waals surface area contributed by atoms with E-state index in [1.165, 1.54) is 0 Å². The Morgan fingerprint density at radius 1 is 1.62 bits per heavy atom. The first-order valence-corrected chi connectivity index (χ1v) is 5.48. The Hall–Kier alpha value is -0.670. The molecule has 1 aliphatic rings. The number of hydrogen-bond acceptors (Lipinski definition) is 3. The van der Waals surface area contributed by atoms with Crippen LogP contribution in [-0.4, -0.2) is 11.3 Å². The third kappa shape index (κ3) is 1.67. The summed E-state index contributed by atoms with van der Waals surface area (Å²) in [6.45, 7) is 0. The average Bonchev–Trinajstić information content (AvgIpc) is 2.52. The van der Waals surface area contributed by atoms with Gasteiger partial charge in [0.15, 0.2) is 5.78 Å². The van der Waals surface area contributed by atoms with Crippen molar-refractivity contribution in [3.63, 3.8) is 0 Å². The van der Waals surface area contributed by atoms with Gasteiger partial charge in [-0.25, -0.2) is 0 Å². The van der Waals surface area contributed by atoms with Crippen LogP contribution in [0.3, 0.4) is 0 Å². The molecular weight excluding hydrogens is 182 g/mol. The molecule has 0 aliphatic heterocycles. The van der Waals surface area contributed by atoms with Gasteiger partial charge in [0.05, 0.1) is 5.54 Å². The molecule has 0 radical (unpaired) electrons. The summed E-state index contributed by atoms with van der Waals surface area (Å²) in [5, 5.41) is 4.01. The highest BCUT2D eigenvalue weighted by Gasteiger charge is 2.39. The van der Waals surface area contributed by atoms with Gasteiger partial charge in [-0.3, -0.25) is 4.79 Å². The molecule has 0 spiro atoms. The number of carbonyl (C=O) groups excluding carboxylic acids is 1. The van der Waals surface area contributed by atoms with Gasteiger partial charge in [-0.1, -0.05) is 0 Å². The Bertz CT molecular complexity index is 301. The molecule has 0 bridgehead atoms. The summed E-state index contributed by atoms with van der Waals surface area (Å²) in [6.07, 6.45) is 3.36. The van der Waals surface area contributed by atoms with Gasteiger partial charge in [-0.05, 0) is 41.7 Å². The number of ketones is 1. The van der Waals surface area contributed by atoms with E-state index in [4.69, 9.17) is 5.73 Å². The summed E-state index contributed by atoms with van der Waals surface area (Å²) in [7, 11) is 0. The van der Waals surface area contributed by atoms with Crippen LogP contribution in [0.2, 0.25) is 0 Å². The van der Waals surface area contributed by atoms with E-state index in [9.17, 15) is 4.79 Å². The third-order valence-corrected chi connectivity index (χ3v) is 3.48. The van der Waals surface area contributed by atoms with E-state index in [1.807, 2.05) is 16.8 Å². The Balaban J connectivity index is 1.99. The van der Waals surface area contributed by atoms with Gasteiger partial charge >= 0.3 is 0 Å². The quantitative estimate of drug-likeness (QED) is 0.798. The lowest BCUT2D eigenvalue weighted by Gasteiger charge is -2.36. The van der Waals surface area contributed by atoms with Gasteiger partial charge in [0.25, 0.3) is 0 Å². The second-order valence-corrected chi connectivity index (χ2v) is 4.52. The first-order valence-electron chi connectivity index (χ1n) is 4.54. The van der Waals surface area contributed by atoms with Crippen molar-refractivity contribution in [1.82, 2.24) is 0 Å². The maximum Gasteiger partial charge on any atom is 0.157 e. The number of hydrogen-bond donors (Lipinski definition) is 1. The molecule has 1 aromatic heterocycles. The van der Waals surface area contributed by atoms with Gasteiger partial charge in [0.2, 0.25) is 0 Å². The van der Waals surface area contributed by atoms with E-state index in [0.29, 0.717) is 6.42 Å². The molecule has 2 N–H and O–H groups in total. The van der Waals surface area contributed by atoms with E-state index in [-0.39, 0.29) is 5.78 Å². The Kier molecular flexibility index (Phi) is 2.22. The summed E-state index contributed by atoms with van der Waals surface area (Å²) >= 11 is 1.62. The van der Waals surface area contributed by atoms with Gasteiger partial charge < -0.3 is 5.73 Å². The third-order valence-electron chi connectivity index (χ3n) is 2.75. The molecule has 2 rings (SSSR count). The minimum Gasteiger partial charge on any atom is -0.319 e. The number of thiophene rings is 1. The van der Waals surface area contributed by atoms with Crippen LogP contribution in [-0.2, 0) is 11.2 Å². The zero-order chi connectivity index (χ0) is 9.31. The summed E-state index contributed by atoms with van der Waals surface area (Å²) in [4.78, 5) is 11.7. The highest BCUT2D eigenvalue weighted by Crippen LogP contribution is 2.31. The fourth-order valence-corrected chi connectivity index (χ4v) is 2.26. The van der Waals surface area contributed by atoms with Crippen molar-refractivity contribution in [2.24, 2.45) is 5.73 Å². The van der Waals surface area contributed by atoms with Gasteiger partial charge in [0.1, 0.15) is 0 Å². The smallest absolute Gasteiger partial charge is 0.157 e. The molecule has 70 valence electrons. The minimum atomic E-state index is -0.484. The van der Waals surface area contributed by atoms with Gasteiger partial charge in [-0.2, -0.15) is 11.3 Å². The van der Waals surface area contributed by atoms with Crippen LogP contribution in [0.1, 0.15) is 24.8 Å². The van der Waals surface area contributed by atoms with Crippen molar-refractivity contribution in [2.45, 2.75) is 31.2 Å². The molecule has 1 saturated carbocycles. The van der Waals surface area contributed by atoms with E-state index in [0.717, 1.165) is 24.8 Å². The molecule has 1 heterocycles. The average molecular weight is 195 g/mol. The van der Waals surface area contributed by atoms with Crippen LogP contribution in [0.4, 0.5) is 0 Å². The molecular formula is C10H13NOS. The SMILES string of the molecule is NC1(C(=O)Cc2ccsc2)CCC1. The standard InChI is InChI=1S/C10H13NOS/c11-10(3-1-4-10)9(12)6-8-2-5-13-7-8/h2,5,7H,1,3-4,6,11H2. The van der Waals surface area contributed by atoms with Crippen molar-refractivity contribution >= 4 is 17.1 Å². The van der Waals surface area contributed by atoms with Crippen molar-refractivity contribution in [1.29, 1.82) is 0 Å². The molecule has 0 unspecified atom stereocenters. The van der Waals surface area contributed by atoms with E-state index < -0.39 is 5.54 Å². The lowest BCUT2D eigenvalue weighted by Crippen LogP contribution is -2.54. The van der Waals surface area contributed by atoms with Crippen LogP contribution in [0.25, 0.3) is 0 Å². The summed E-state index contributed by atoms with van der Waals surface area (Å²) in [5.41, 5.74) is 6.54. The van der Waals surface area contributed by atoms with Crippen LogP contribution in [0, 0.1) is 0 Å². The number of rotatable bonds is 3. The van der Waals surface area contributed by atoms with Gasteiger partial charge in [0, 0.05) is 6.42 Å². The predicted octanol–water partition coefficient (Wildman–Crippen LogP) is 1.74. The summed E-state index contributed by atoms with van der Waals surface area (Å²) in [5.74, 6) is 0.206. The maximum atomic E-state index is 11.7. The van der Waals surface area contributed by atoms with Crippen LogP contribution in [0.15, 0.2) is 16.8 Å². The monoisotopic (exact) mass is 195 g/mol. The Morgan fingerprint density at radius 2 is 2.38 bits per heavy atom. The van der Waals surface area contributed by atoms with Crippen LogP contribution < -0.4 is 5.73 Å². The molecule has 3 heteroatoms. The largest absolute Gasteiger partial charge is 0.319 e. The molecule has 1 aromatic rings. The molecule has 13 heavy (non-hydrogen) atoms. The molecule has 1 aliphatic carbocycles. The van der Waals surface area contributed by atoms with Crippen LogP contribution >= 0.6 is 11.3 Å². The summed E-state index contributed by atoms with van der Waals surface area (Å²) < 4.78 is 0. The fourth-order valence-electron chi connectivity index (χ4n) is 1.59. The van der Waals surface area contributed by atoms with E-state index in [1.54, 1.807) is 11.3 Å². The van der Waals surface area contributed by atoms with E-state index >= 15 is 0 Å². The number of nitrogens with two attached hydrogens (primary N) is 1. The Morgan fingerprint density at radius 3 is 2.85 bits per heavy atom. The van der Waals surface area contributed by atoms with Gasteiger partial charge in [-0.15, -0.1) is 0 Å². The number of carbonyl (C=O) groups is 1. The van der Waals surface area contributed by atoms with Crippen molar-refractivity contribution in [3.05, 3.63) is 22.4 Å². The maximum absolute atomic E-state index is 11.7. The zero-order valence-corrected chi connectivity index (χ0v) is 8.27. The van der Waals surface area contributed by atoms with Crippen LogP contribution in [0.5, 0.6) is 0 Å². The first kappa shape index (κ1) is 8.91. The Labute approximate surface area is 81.8 Å². The topological polar surface area (TPSA) is 43.1 Å². The lowest BCUT2D eigenvalue weighted by molar-refractivity contribution is -0.126. The number of Topliss-reactive ketones (excluding diaryl/α,β-unsaturated/α-hetero) is 1. The summed E-state index contributed by atoms with van der Waals surface area (Å²) in [6, 6.07) is 1.99. The van der Waals surface area contributed by atoms with Crippen molar-refractivity contribution in [3.8, 4) is 0 Å². The highest BCUT2D eigenvalue weighted by molar-refractivity contribution is 7.08.